The van der Waals surface area contributed by atoms with E-state index in [1.54, 1.807) is 26.8 Å². The van der Waals surface area contributed by atoms with Gasteiger partial charge in [0, 0.05) is 24.3 Å². The Morgan fingerprint density at radius 2 is 1.95 bits per heavy atom. The van der Waals surface area contributed by atoms with Gasteiger partial charge in [0.15, 0.2) is 0 Å². The Labute approximate surface area is 122 Å². The first kappa shape index (κ1) is 16.2. The summed E-state index contributed by atoms with van der Waals surface area (Å²) in [5.41, 5.74) is -0.312. The van der Waals surface area contributed by atoms with Gasteiger partial charge in [0.2, 0.25) is 0 Å². The number of carbonyl (C=O) groups excluding carboxylic acids is 2. The molecular formula is C13H18ClN3O3. The van der Waals surface area contributed by atoms with Crippen molar-refractivity contribution in [2.75, 3.05) is 13.1 Å². The monoisotopic (exact) mass is 299 g/mol. The summed E-state index contributed by atoms with van der Waals surface area (Å²) >= 11 is 5.76. The molecule has 1 heterocycles. The quantitative estimate of drug-likeness (QED) is 0.833. The van der Waals surface area contributed by atoms with Gasteiger partial charge in [0.1, 0.15) is 11.3 Å². The lowest BCUT2D eigenvalue weighted by Gasteiger charge is -2.19. The molecule has 0 aliphatic rings. The first-order chi connectivity index (χ1) is 9.28. The van der Waals surface area contributed by atoms with E-state index in [0.717, 1.165) is 0 Å². The topological polar surface area (TPSA) is 80.3 Å². The summed E-state index contributed by atoms with van der Waals surface area (Å²) < 4.78 is 5.05. The third-order valence-corrected chi connectivity index (χ3v) is 2.27. The molecule has 0 aliphatic heterocycles. The number of rotatable bonds is 4. The van der Waals surface area contributed by atoms with Crippen molar-refractivity contribution in [3.63, 3.8) is 0 Å². The molecular weight excluding hydrogens is 282 g/mol. The van der Waals surface area contributed by atoms with E-state index in [2.05, 4.69) is 15.6 Å². The fourth-order valence-corrected chi connectivity index (χ4v) is 1.43. The van der Waals surface area contributed by atoms with Gasteiger partial charge in [-0.3, -0.25) is 9.78 Å². The lowest BCUT2D eigenvalue weighted by Crippen LogP contribution is -2.38. The zero-order valence-electron chi connectivity index (χ0n) is 11.7. The second-order valence-electron chi connectivity index (χ2n) is 5.04. The molecule has 7 heteroatoms. The second kappa shape index (κ2) is 7.09. The van der Waals surface area contributed by atoms with Crippen LogP contribution in [0.15, 0.2) is 18.3 Å². The van der Waals surface area contributed by atoms with Crippen LogP contribution in [0.1, 0.15) is 31.3 Å². The first-order valence-electron chi connectivity index (χ1n) is 6.14. The van der Waals surface area contributed by atoms with Crippen LogP contribution in [-0.2, 0) is 4.74 Å². The van der Waals surface area contributed by atoms with Crippen LogP contribution in [0.25, 0.3) is 0 Å². The molecule has 0 radical (unpaired) electrons. The third-order valence-electron chi connectivity index (χ3n) is 2.03. The van der Waals surface area contributed by atoms with E-state index >= 15 is 0 Å². The average Bonchev–Trinajstić information content (AvgIpc) is 2.32. The summed E-state index contributed by atoms with van der Waals surface area (Å²) in [4.78, 5) is 26.9. The Hall–Kier alpha value is -1.82. The van der Waals surface area contributed by atoms with Crippen LogP contribution in [0.2, 0.25) is 5.02 Å². The fraction of sp³-hybridized carbons (Fsp3) is 0.462. The molecule has 110 valence electrons. The zero-order valence-corrected chi connectivity index (χ0v) is 12.5. The summed E-state index contributed by atoms with van der Waals surface area (Å²) in [6.45, 7) is 5.87. The van der Waals surface area contributed by atoms with Gasteiger partial charge < -0.3 is 15.4 Å². The Morgan fingerprint density at radius 1 is 1.30 bits per heavy atom. The van der Waals surface area contributed by atoms with E-state index in [-0.39, 0.29) is 24.7 Å². The number of hydrogen-bond donors (Lipinski definition) is 2. The maximum atomic E-state index is 11.7. The molecule has 0 saturated heterocycles. The highest BCUT2D eigenvalue weighted by Crippen LogP contribution is 2.07. The van der Waals surface area contributed by atoms with Gasteiger partial charge in [-0.1, -0.05) is 11.6 Å². The van der Waals surface area contributed by atoms with Crippen molar-refractivity contribution in [2.24, 2.45) is 0 Å². The van der Waals surface area contributed by atoms with Crippen LogP contribution >= 0.6 is 11.6 Å². The van der Waals surface area contributed by atoms with Gasteiger partial charge >= 0.3 is 6.09 Å². The van der Waals surface area contributed by atoms with Crippen LogP contribution in [0.4, 0.5) is 4.79 Å². The van der Waals surface area contributed by atoms with Gasteiger partial charge in [0.05, 0.1) is 0 Å². The van der Waals surface area contributed by atoms with Gasteiger partial charge in [-0.25, -0.2) is 4.79 Å². The Balaban J connectivity index is 2.28. The van der Waals surface area contributed by atoms with E-state index in [9.17, 15) is 9.59 Å². The van der Waals surface area contributed by atoms with Crippen LogP contribution in [0.3, 0.4) is 0 Å². The van der Waals surface area contributed by atoms with Crippen molar-refractivity contribution in [1.82, 2.24) is 15.6 Å². The maximum absolute atomic E-state index is 11.7. The van der Waals surface area contributed by atoms with Crippen molar-refractivity contribution in [3.05, 3.63) is 29.0 Å². The molecule has 0 aliphatic carbocycles. The number of amides is 2. The minimum absolute atomic E-state index is 0.231. The third kappa shape index (κ3) is 6.38. The molecule has 0 spiro atoms. The van der Waals surface area contributed by atoms with Crippen LogP contribution in [-0.4, -0.2) is 35.7 Å². The minimum atomic E-state index is -0.544. The van der Waals surface area contributed by atoms with Crippen LogP contribution in [0.5, 0.6) is 0 Å². The second-order valence-corrected chi connectivity index (χ2v) is 5.48. The zero-order chi connectivity index (χ0) is 15.2. The number of carbonyl (C=O) groups is 2. The Morgan fingerprint density at radius 3 is 2.55 bits per heavy atom. The normalized spacial score (nSPS) is 10.8. The van der Waals surface area contributed by atoms with E-state index < -0.39 is 11.7 Å². The van der Waals surface area contributed by atoms with Crippen LogP contribution < -0.4 is 10.6 Å². The van der Waals surface area contributed by atoms with Crippen molar-refractivity contribution >= 4 is 23.6 Å². The maximum Gasteiger partial charge on any atom is 0.407 e. The summed E-state index contributed by atoms with van der Waals surface area (Å²) in [5, 5.41) is 5.59. The van der Waals surface area contributed by atoms with Crippen molar-refractivity contribution in [3.8, 4) is 0 Å². The molecule has 1 aromatic heterocycles. The molecule has 2 N–H and O–H groups in total. The van der Waals surface area contributed by atoms with E-state index in [1.165, 1.54) is 12.3 Å². The number of alkyl carbamates (subject to hydrolysis) is 1. The first-order valence-corrected chi connectivity index (χ1v) is 6.52. The van der Waals surface area contributed by atoms with Crippen molar-refractivity contribution in [2.45, 2.75) is 26.4 Å². The molecule has 0 unspecified atom stereocenters. The van der Waals surface area contributed by atoms with E-state index in [4.69, 9.17) is 16.3 Å². The summed E-state index contributed by atoms with van der Waals surface area (Å²) in [5.74, 6) is -0.349. The number of pyridine rings is 1. The predicted octanol–water partition coefficient (Wildman–Crippen LogP) is 1.99. The smallest absolute Gasteiger partial charge is 0.407 e. The van der Waals surface area contributed by atoms with E-state index in [1.807, 2.05) is 0 Å². The highest BCUT2D eigenvalue weighted by atomic mass is 35.5. The molecule has 0 fully saturated rings. The molecule has 1 aromatic rings. The van der Waals surface area contributed by atoms with Gasteiger partial charge in [-0.2, -0.15) is 0 Å². The molecule has 0 saturated carbocycles. The molecule has 1 rings (SSSR count). The molecule has 20 heavy (non-hydrogen) atoms. The highest BCUT2D eigenvalue weighted by Gasteiger charge is 2.15. The summed E-state index contributed by atoms with van der Waals surface area (Å²) in [6, 6.07) is 3.06. The van der Waals surface area contributed by atoms with Crippen molar-refractivity contribution in [1.29, 1.82) is 0 Å². The number of aromatic nitrogens is 1. The summed E-state index contributed by atoms with van der Waals surface area (Å²) in [6.07, 6.45) is 0.934. The number of nitrogens with zero attached hydrogens (tertiary/aromatic N) is 1. The Kier molecular flexibility index (Phi) is 5.76. The van der Waals surface area contributed by atoms with E-state index in [0.29, 0.717) is 5.02 Å². The average molecular weight is 300 g/mol. The lowest BCUT2D eigenvalue weighted by molar-refractivity contribution is 0.0526. The van der Waals surface area contributed by atoms with Gasteiger partial charge in [0.25, 0.3) is 5.91 Å². The molecule has 0 aromatic carbocycles. The number of halogens is 1. The summed E-state index contributed by atoms with van der Waals surface area (Å²) in [7, 11) is 0. The number of nitrogens with one attached hydrogen (secondary N) is 2. The Bertz CT molecular complexity index is 486. The van der Waals surface area contributed by atoms with Gasteiger partial charge in [-0.15, -0.1) is 0 Å². The lowest BCUT2D eigenvalue weighted by atomic mass is 10.2. The predicted molar refractivity (Wildman–Crippen MR) is 75.8 cm³/mol. The number of hydrogen-bond acceptors (Lipinski definition) is 4. The van der Waals surface area contributed by atoms with Crippen LogP contribution in [0, 0.1) is 0 Å². The standard InChI is InChI=1S/C13H18ClN3O3/c1-13(2,3)20-12(19)17-7-6-16-11(18)10-8-9(14)4-5-15-10/h4-5,8H,6-7H2,1-3H3,(H,16,18)(H,17,19). The largest absolute Gasteiger partial charge is 0.444 e. The number of ether oxygens (including phenoxy) is 1. The SMILES string of the molecule is CC(C)(C)OC(=O)NCCNC(=O)c1cc(Cl)ccn1. The molecule has 0 bridgehead atoms. The molecule has 2 amide bonds. The molecule has 6 nitrogen and oxygen atoms in total. The fourth-order valence-electron chi connectivity index (χ4n) is 1.27. The van der Waals surface area contributed by atoms with Crippen molar-refractivity contribution < 1.29 is 14.3 Å². The highest BCUT2D eigenvalue weighted by molar-refractivity contribution is 6.30. The molecule has 0 atom stereocenters. The minimum Gasteiger partial charge on any atom is -0.444 e. The van der Waals surface area contributed by atoms with Gasteiger partial charge in [-0.05, 0) is 32.9 Å².